The third-order valence-corrected chi connectivity index (χ3v) is 7.28. The number of H-pyrrole nitrogens is 1. The van der Waals surface area contributed by atoms with E-state index in [4.69, 9.17) is 0 Å². The lowest BCUT2D eigenvalue weighted by Gasteiger charge is -2.44. The third kappa shape index (κ3) is 5.92. The highest BCUT2D eigenvalue weighted by molar-refractivity contribution is 6.07. The van der Waals surface area contributed by atoms with E-state index in [2.05, 4.69) is 15.2 Å². The molecule has 9 nitrogen and oxygen atoms in total. The zero-order valence-electron chi connectivity index (χ0n) is 21.6. The van der Waals surface area contributed by atoms with Gasteiger partial charge in [-0.3, -0.25) is 14.5 Å². The molecule has 2 amide bonds. The summed E-state index contributed by atoms with van der Waals surface area (Å²) in [6.07, 6.45) is -3.38. The second kappa shape index (κ2) is 10.7. The first-order valence-electron chi connectivity index (χ1n) is 12.3. The first-order valence-corrected chi connectivity index (χ1v) is 12.3. The topological polar surface area (TPSA) is 109 Å². The molecule has 2 aliphatic heterocycles. The van der Waals surface area contributed by atoms with E-state index >= 15 is 4.39 Å². The Labute approximate surface area is 221 Å². The minimum Gasteiger partial charge on any atom is -0.465 e. The van der Waals surface area contributed by atoms with Gasteiger partial charge in [-0.1, -0.05) is 6.08 Å². The summed E-state index contributed by atoms with van der Waals surface area (Å²) in [5.41, 5.74) is -2.46. The normalized spacial score (nSPS) is 20.5. The quantitative estimate of drug-likeness (QED) is 0.495. The third-order valence-electron chi connectivity index (χ3n) is 7.28. The Morgan fingerprint density at radius 1 is 1.13 bits per heavy atom. The molecular weight excluding hydrogens is 522 g/mol. The number of nitrogens with one attached hydrogen (secondary N) is 2. The summed E-state index contributed by atoms with van der Waals surface area (Å²) < 4.78 is 56.4. The summed E-state index contributed by atoms with van der Waals surface area (Å²) in [5.74, 6) is -1.79. The van der Waals surface area contributed by atoms with Crippen LogP contribution in [0.3, 0.4) is 0 Å². The van der Waals surface area contributed by atoms with Crippen molar-refractivity contribution in [3.8, 4) is 0 Å². The van der Waals surface area contributed by atoms with Crippen LogP contribution < -0.4 is 15.8 Å². The standard InChI is InChI=1S/C26H29F4N5O4/c1-14-11-35(12-15(2)33(14)3)22-9-20(27)17(16-5-4-6-34(13-16)25(38)39)7-21(22)32-24(37)18-10-31-23(36)8-19(18)26(28,29)30/h5,7-10,14-15H,4,6,11-13H2,1-3H3,(H,31,36)(H,32,37)(H,38,39)/t14-,15+. The highest BCUT2D eigenvalue weighted by atomic mass is 19.4. The Hall–Kier alpha value is -3.87. The van der Waals surface area contributed by atoms with Crippen LogP contribution in [0.2, 0.25) is 0 Å². The summed E-state index contributed by atoms with van der Waals surface area (Å²) in [5, 5.41) is 11.9. The predicted octanol–water partition coefficient (Wildman–Crippen LogP) is 4.08. The van der Waals surface area contributed by atoms with Crippen molar-refractivity contribution in [2.45, 2.75) is 38.5 Å². The lowest BCUT2D eigenvalue weighted by atomic mass is 9.98. The minimum absolute atomic E-state index is 0.0349. The van der Waals surface area contributed by atoms with Gasteiger partial charge >= 0.3 is 12.3 Å². The Morgan fingerprint density at radius 3 is 2.41 bits per heavy atom. The molecule has 13 heteroatoms. The Morgan fingerprint density at radius 2 is 1.79 bits per heavy atom. The number of halogens is 4. The summed E-state index contributed by atoms with van der Waals surface area (Å²) in [4.78, 5) is 43.4. The van der Waals surface area contributed by atoms with Gasteiger partial charge in [0.2, 0.25) is 5.56 Å². The zero-order chi connectivity index (χ0) is 28.6. The van der Waals surface area contributed by atoms with Crippen molar-refractivity contribution in [3.63, 3.8) is 0 Å². The van der Waals surface area contributed by atoms with E-state index < -0.39 is 40.7 Å². The number of carboxylic acid groups (broad SMARTS) is 1. The van der Waals surface area contributed by atoms with Crippen molar-refractivity contribution in [2.24, 2.45) is 0 Å². The van der Waals surface area contributed by atoms with Crippen LogP contribution in [0.15, 0.2) is 35.3 Å². The first kappa shape index (κ1) is 28.1. The SMILES string of the molecule is C[C@@H]1CN(c2cc(F)c(C3=CCCN(C(=O)O)C3)cc2NC(=O)c2c[nH]c(=O)cc2C(F)(F)F)C[C@H](C)N1C. The monoisotopic (exact) mass is 551 g/mol. The van der Waals surface area contributed by atoms with Crippen LogP contribution in [0.4, 0.5) is 33.7 Å². The molecule has 4 rings (SSSR count). The Kier molecular flexibility index (Phi) is 7.73. The van der Waals surface area contributed by atoms with Gasteiger partial charge in [-0.05, 0) is 45.0 Å². The van der Waals surface area contributed by atoms with Crippen LogP contribution >= 0.6 is 0 Å². The number of likely N-dealkylation sites (N-methyl/N-ethyl adjacent to an activating group) is 1. The molecule has 1 aromatic carbocycles. The maximum Gasteiger partial charge on any atom is 0.417 e. The molecule has 2 aromatic rings. The fourth-order valence-electron chi connectivity index (χ4n) is 4.96. The molecule has 1 fully saturated rings. The summed E-state index contributed by atoms with van der Waals surface area (Å²) >= 11 is 0. The average molecular weight is 552 g/mol. The Balaban J connectivity index is 1.79. The van der Waals surface area contributed by atoms with E-state index in [0.29, 0.717) is 37.3 Å². The number of carbonyl (C=O) groups is 2. The Bertz CT molecular complexity index is 1360. The molecule has 1 saturated heterocycles. The number of hydrogen-bond donors (Lipinski definition) is 3. The van der Waals surface area contributed by atoms with Gasteiger partial charge in [0.1, 0.15) is 5.82 Å². The van der Waals surface area contributed by atoms with Gasteiger partial charge in [0.25, 0.3) is 5.91 Å². The van der Waals surface area contributed by atoms with Crippen molar-refractivity contribution in [1.82, 2.24) is 14.8 Å². The zero-order valence-corrected chi connectivity index (χ0v) is 21.6. The molecule has 0 saturated carbocycles. The number of benzene rings is 1. The second-order valence-electron chi connectivity index (χ2n) is 9.92. The second-order valence-corrected chi connectivity index (χ2v) is 9.92. The molecule has 0 aliphatic carbocycles. The number of hydrogen-bond acceptors (Lipinski definition) is 5. The lowest BCUT2D eigenvalue weighted by molar-refractivity contribution is -0.138. The summed E-state index contributed by atoms with van der Waals surface area (Å²) in [7, 11) is 1.96. The first-order chi connectivity index (χ1) is 18.3. The number of nitrogens with zero attached hydrogens (tertiary/aromatic N) is 3. The molecule has 0 bridgehead atoms. The van der Waals surface area contributed by atoms with Crippen molar-refractivity contribution >= 4 is 28.9 Å². The van der Waals surface area contributed by atoms with Gasteiger partial charge < -0.3 is 25.2 Å². The fourth-order valence-corrected chi connectivity index (χ4v) is 4.96. The number of carbonyl (C=O) groups excluding carboxylic acids is 1. The number of anilines is 2. The van der Waals surface area contributed by atoms with Crippen molar-refractivity contribution < 1.29 is 32.3 Å². The lowest BCUT2D eigenvalue weighted by Crippen LogP contribution is -2.55. The van der Waals surface area contributed by atoms with Crippen LogP contribution in [0.25, 0.3) is 5.57 Å². The number of piperazine rings is 1. The van der Waals surface area contributed by atoms with Gasteiger partial charge in [-0.25, -0.2) is 9.18 Å². The van der Waals surface area contributed by atoms with Crippen molar-refractivity contribution in [3.05, 3.63) is 63.3 Å². The number of alkyl halides is 3. The van der Waals surface area contributed by atoms with E-state index in [1.165, 1.54) is 12.1 Å². The molecule has 2 aliphatic rings. The van der Waals surface area contributed by atoms with Crippen molar-refractivity contribution in [1.29, 1.82) is 0 Å². The van der Waals surface area contributed by atoms with E-state index in [1.54, 1.807) is 6.08 Å². The number of pyridine rings is 1. The van der Waals surface area contributed by atoms with Crippen LogP contribution in [0, 0.1) is 5.82 Å². The maximum atomic E-state index is 15.5. The molecular formula is C26H29F4N5O4. The molecule has 0 spiro atoms. The number of amides is 2. The van der Waals surface area contributed by atoms with E-state index in [0.717, 1.165) is 4.90 Å². The van der Waals surface area contributed by atoms with Crippen molar-refractivity contribution in [2.75, 3.05) is 43.4 Å². The molecule has 1 aromatic heterocycles. The molecule has 3 heterocycles. The summed E-state index contributed by atoms with van der Waals surface area (Å²) in [6, 6.07) is 2.96. The highest BCUT2D eigenvalue weighted by Crippen LogP contribution is 2.37. The number of rotatable bonds is 4. The van der Waals surface area contributed by atoms with Gasteiger partial charge in [-0.15, -0.1) is 0 Å². The van der Waals surface area contributed by atoms with Crippen LogP contribution in [0.1, 0.15) is 41.8 Å². The average Bonchev–Trinajstić information content (AvgIpc) is 2.87. The smallest absolute Gasteiger partial charge is 0.417 e. The minimum atomic E-state index is -4.97. The maximum absolute atomic E-state index is 15.5. The molecule has 210 valence electrons. The number of aromatic amines is 1. The van der Waals surface area contributed by atoms with Crippen LogP contribution in [0.5, 0.6) is 0 Å². The largest absolute Gasteiger partial charge is 0.465 e. The van der Waals surface area contributed by atoms with Crippen LogP contribution in [-0.2, 0) is 6.18 Å². The van der Waals surface area contributed by atoms with Gasteiger partial charge in [0.15, 0.2) is 0 Å². The van der Waals surface area contributed by atoms with E-state index in [9.17, 15) is 32.7 Å². The van der Waals surface area contributed by atoms with Crippen LogP contribution in [-0.4, -0.2) is 77.2 Å². The molecule has 2 atom stereocenters. The van der Waals surface area contributed by atoms with E-state index in [1.807, 2.05) is 25.8 Å². The molecule has 3 N–H and O–H groups in total. The number of aromatic nitrogens is 1. The fraction of sp³-hybridized carbons (Fsp3) is 0.423. The highest BCUT2D eigenvalue weighted by Gasteiger charge is 2.36. The predicted molar refractivity (Wildman–Crippen MR) is 138 cm³/mol. The van der Waals surface area contributed by atoms with Gasteiger partial charge in [-0.2, -0.15) is 13.2 Å². The molecule has 0 unspecified atom stereocenters. The van der Waals surface area contributed by atoms with Gasteiger partial charge in [0.05, 0.1) is 22.5 Å². The van der Waals surface area contributed by atoms with Gasteiger partial charge in [0, 0.05) is 56.1 Å². The molecule has 39 heavy (non-hydrogen) atoms. The van der Waals surface area contributed by atoms with E-state index in [-0.39, 0.29) is 42.1 Å². The summed E-state index contributed by atoms with van der Waals surface area (Å²) in [6.45, 7) is 5.05. The molecule has 0 radical (unpaired) electrons.